The Morgan fingerprint density at radius 3 is 2.68 bits per heavy atom. The molecule has 0 aliphatic carbocycles. The highest BCUT2D eigenvalue weighted by atomic mass is 35.5. The Kier molecular flexibility index (Phi) is 3.87. The van der Waals surface area contributed by atoms with Crippen molar-refractivity contribution < 1.29 is 9.66 Å². The van der Waals surface area contributed by atoms with Gasteiger partial charge in [-0.15, -0.1) is 0 Å². The summed E-state index contributed by atoms with van der Waals surface area (Å²) in [7, 11) is 1.56. The lowest BCUT2D eigenvalue weighted by atomic mass is 10.2. The van der Waals surface area contributed by atoms with Crippen LogP contribution >= 0.6 is 11.6 Å². The van der Waals surface area contributed by atoms with E-state index in [0.717, 1.165) is 0 Å². The molecule has 1 N–H and O–H groups in total. The van der Waals surface area contributed by atoms with Crippen molar-refractivity contribution in [1.82, 2.24) is 0 Å². The lowest BCUT2D eigenvalue weighted by Gasteiger charge is -2.09. The number of ether oxygens (including phenoxy) is 1. The van der Waals surface area contributed by atoms with Crippen LogP contribution in [0.4, 0.5) is 17.1 Å². The van der Waals surface area contributed by atoms with Gasteiger partial charge in [-0.25, -0.2) is 0 Å². The maximum Gasteiger partial charge on any atom is 0.311 e. The van der Waals surface area contributed by atoms with E-state index in [0.29, 0.717) is 17.1 Å². The van der Waals surface area contributed by atoms with Gasteiger partial charge in [-0.1, -0.05) is 23.7 Å². The second kappa shape index (κ2) is 5.58. The van der Waals surface area contributed by atoms with Crippen LogP contribution in [0.25, 0.3) is 0 Å². The molecule has 6 heteroatoms. The first-order valence-corrected chi connectivity index (χ1v) is 5.83. The van der Waals surface area contributed by atoms with E-state index in [1.165, 1.54) is 6.07 Å². The normalized spacial score (nSPS) is 10.0. The van der Waals surface area contributed by atoms with Crippen LogP contribution < -0.4 is 10.1 Å². The fourth-order valence-corrected chi connectivity index (χ4v) is 1.90. The number of nitro benzene ring substituents is 1. The number of rotatable bonds is 4. The summed E-state index contributed by atoms with van der Waals surface area (Å²) in [6.07, 6.45) is 0. The van der Waals surface area contributed by atoms with Crippen LogP contribution in [0.1, 0.15) is 0 Å². The molecular weight excluding hydrogens is 268 g/mol. The number of anilines is 2. The van der Waals surface area contributed by atoms with Gasteiger partial charge in [-0.05, 0) is 24.3 Å². The Hall–Kier alpha value is -2.27. The molecule has 0 saturated heterocycles. The minimum atomic E-state index is -0.509. The number of nitro groups is 1. The van der Waals surface area contributed by atoms with Gasteiger partial charge in [0.25, 0.3) is 0 Å². The summed E-state index contributed by atoms with van der Waals surface area (Å²) in [5, 5.41) is 14.1. The van der Waals surface area contributed by atoms with Gasteiger partial charge in [0, 0.05) is 11.8 Å². The minimum absolute atomic E-state index is 0.0953. The smallest absolute Gasteiger partial charge is 0.311 e. The molecule has 0 spiro atoms. The summed E-state index contributed by atoms with van der Waals surface area (Å²) in [4.78, 5) is 10.5. The van der Waals surface area contributed by atoms with E-state index in [-0.39, 0.29) is 10.7 Å². The Morgan fingerprint density at radius 2 is 2.00 bits per heavy atom. The van der Waals surface area contributed by atoms with Crippen LogP contribution in [-0.4, -0.2) is 12.0 Å². The second-order valence-electron chi connectivity index (χ2n) is 3.75. The quantitative estimate of drug-likeness (QED) is 0.678. The van der Waals surface area contributed by atoms with E-state index in [9.17, 15) is 10.1 Å². The maximum absolute atomic E-state index is 11.0. The van der Waals surface area contributed by atoms with E-state index in [2.05, 4.69) is 5.32 Å². The van der Waals surface area contributed by atoms with Crippen molar-refractivity contribution in [3.8, 4) is 5.75 Å². The molecule has 0 amide bonds. The number of hydrogen-bond donors (Lipinski definition) is 1. The number of hydrogen-bond acceptors (Lipinski definition) is 4. The number of para-hydroxylation sites is 1. The predicted octanol–water partition coefficient (Wildman–Crippen LogP) is 4.00. The van der Waals surface area contributed by atoms with Crippen molar-refractivity contribution in [3.05, 3.63) is 57.6 Å². The van der Waals surface area contributed by atoms with Crippen molar-refractivity contribution in [2.45, 2.75) is 0 Å². The van der Waals surface area contributed by atoms with Gasteiger partial charge in [-0.3, -0.25) is 10.1 Å². The largest absolute Gasteiger partial charge is 0.497 e. The first kappa shape index (κ1) is 13.2. The zero-order chi connectivity index (χ0) is 13.8. The molecule has 2 rings (SSSR count). The van der Waals surface area contributed by atoms with Gasteiger partial charge < -0.3 is 10.1 Å². The average Bonchev–Trinajstić information content (AvgIpc) is 2.38. The van der Waals surface area contributed by atoms with E-state index in [1.54, 1.807) is 43.5 Å². The molecule has 0 saturated carbocycles. The van der Waals surface area contributed by atoms with Crippen molar-refractivity contribution in [2.75, 3.05) is 12.4 Å². The summed E-state index contributed by atoms with van der Waals surface area (Å²) >= 11 is 5.84. The van der Waals surface area contributed by atoms with Crippen molar-refractivity contribution >= 4 is 28.7 Å². The third-order valence-electron chi connectivity index (χ3n) is 2.52. The molecule has 0 aliphatic heterocycles. The van der Waals surface area contributed by atoms with Crippen LogP contribution in [0.2, 0.25) is 5.02 Å². The monoisotopic (exact) mass is 278 g/mol. The van der Waals surface area contributed by atoms with E-state index in [4.69, 9.17) is 16.3 Å². The van der Waals surface area contributed by atoms with Gasteiger partial charge in [-0.2, -0.15) is 0 Å². The van der Waals surface area contributed by atoms with Crippen LogP contribution in [0, 0.1) is 10.1 Å². The summed E-state index contributed by atoms with van der Waals surface area (Å²) in [5.41, 5.74) is 0.877. The third-order valence-corrected chi connectivity index (χ3v) is 2.82. The number of nitrogens with one attached hydrogen (secondary N) is 1. The average molecular weight is 279 g/mol. The maximum atomic E-state index is 11.0. The molecule has 0 unspecified atom stereocenters. The fraction of sp³-hybridized carbons (Fsp3) is 0.0769. The SMILES string of the molecule is COc1cccc(Nc2cccc(Cl)c2[N+](=O)[O-])c1. The van der Waals surface area contributed by atoms with E-state index < -0.39 is 4.92 Å². The third kappa shape index (κ3) is 2.95. The highest BCUT2D eigenvalue weighted by molar-refractivity contribution is 6.33. The summed E-state index contributed by atoms with van der Waals surface area (Å²) < 4.78 is 5.09. The molecule has 0 atom stereocenters. The molecule has 2 aromatic rings. The molecule has 98 valence electrons. The first-order valence-electron chi connectivity index (χ1n) is 5.46. The molecule has 0 bridgehead atoms. The van der Waals surface area contributed by atoms with Gasteiger partial charge in [0.05, 0.1) is 12.0 Å². The lowest BCUT2D eigenvalue weighted by molar-refractivity contribution is -0.383. The lowest BCUT2D eigenvalue weighted by Crippen LogP contribution is -1.97. The summed E-state index contributed by atoms with van der Waals surface area (Å²) in [5.74, 6) is 0.662. The van der Waals surface area contributed by atoms with Gasteiger partial charge in [0.2, 0.25) is 0 Å². The topological polar surface area (TPSA) is 64.4 Å². The molecule has 5 nitrogen and oxygen atoms in total. The highest BCUT2D eigenvalue weighted by Crippen LogP contribution is 2.34. The van der Waals surface area contributed by atoms with Crippen LogP contribution in [0.3, 0.4) is 0 Å². The van der Waals surface area contributed by atoms with Crippen LogP contribution in [-0.2, 0) is 0 Å². The number of halogens is 1. The molecule has 0 heterocycles. The van der Waals surface area contributed by atoms with Gasteiger partial charge >= 0.3 is 5.69 Å². The van der Waals surface area contributed by atoms with Crippen LogP contribution in [0.5, 0.6) is 5.75 Å². The molecule has 0 aromatic heterocycles. The zero-order valence-electron chi connectivity index (χ0n) is 10.1. The second-order valence-corrected chi connectivity index (χ2v) is 4.16. The Morgan fingerprint density at radius 1 is 1.26 bits per heavy atom. The Balaban J connectivity index is 2.38. The molecule has 0 fully saturated rings. The van der Waals surface area contributed by atoms with Crippen molar-refractivity contribution in [3.63, 3.8) is 0 Å². The molecule has 0 aliphatic rings. The van der Waals surface area contributed by atoms with E-state index in [1.807, 2.05) is 0 Å². The zero-order valence-corrected chi connectivity index (χ0v) is 10.8. The van der Waals surface area contributed by atoms with Crippen LogP contribution in [0.15, 0.2) is 42.5 Å². The standard InChI is InChI=1S/C13H11ClN2O3/c1-19-10-5-2-4-9(8-10)15-12-7-3-6-11(14)13(12)16(17)18/h2-8,15H,1H3. The number of nitrogens with zero attached hydrogens (tertiary/aromatic N) is 1. The fourth-order valence-electron chi connectivity index (χ4n) is 1.66. The molecular formula is C13H11ClN2O3. The molecule has 2 aromatic carbocycles. The summed E-state index contributed by atoms with van der Waals surface area (Å²) in [6, 6.07) is 11.8. The molecule has 19 heavy (non-hydrogen) atoms. The van der Waals surface area contributed by atoms with Gasteiger partial charge in [0.15, 0.2) is 0 Å². The molecule has 0 radical (unpaired) electrons. The minimum Gasteiger partial charge on any atom is -0.497 e. The van der Waals surface area contributed by atoms with Crippen molar-refractivity contribution in [1.29, 1.82) is 0 Å². The van der Waals surface area contributed by atoms with E-state index >= 15 is 0 Å². The first-order chi connectivity index (χ1) is 9.11. The highest BCUT2D eigenvalue weighted by Gasteiger charge is 2.18. The van der Waals surface area contributed by atoms with Gasteiger partial charge in [0.1, 0.15) is 16.5 Å². The predicted molar refractivity (Wildman–Crippen MR) is 74.4 cm³/mol. The van der Waals surface area contributed by atoms with Crippen molar-refractivity contribution in [2.24, 2.45) is 0 Å². The number of methoxy groups -OCH3 is 1. The number of benzene rings is 2. The Bertz CT molecular complexity index is 617. The summed E-state index contributed by atoms with van der Waals surface area (Å²) in [6.45, 7) is 0. The Labute approximate surface area is 114 Å².